The van der Waals surface area contributed by atoms with Gasteiger partial charge in [0.05, 0.1) is 18.5 Å². The van der Waals surface area contributed by atoms with Crippen LogP contribution in [0.2, 0.25) is 0 Å². The van der Waals surface area contributed by atoms with Crippen molar-refractivity contribution in [3.8, 4) is 5.75 Å². The summed E-state index contributed by atoms with van der Waals surface area (Å²) in [6.45, 7) is 1.35. The molecule has 2 aromatic carbocycles. The van der Waals surface area contributed by atoms with Crippen LogP contribution in [-0.4, -0.2) is 61.8 Å². The molecule has 10 nitrogen and oxygen atoms in total. The van der Waals surface area contributed by atoms with Crippen molar-refractivity contribution in [2.75, 3.05) is 19.3 Å². The summed E-state index contributed by atoms with van der Waals surface area (Å²) in [6.07, 6.45) is 1.46. The van der Waals surface area contributed by atoms with E-state index in [1.165, 1.54) is 31.2 Å². The van der Waals surface area contributed by atoms with Crippen molar-refractivity contribution in [2.24, 2.45) is 10.9 Å². The number of phenolic OH excluding ortho intramolecular Hbond substituents is 1. The largest absolute Gasteiger partial charge is 0.507 e. The van der Waals surface area contributed by atoms with E-state index in [1.807, 2.05) is 6.07 Å². The maximum atomic E-state index is 13.0. The van der Waals surface area contributed by atoms with E-state index < -0.39 is 27.9 Å². The van der Waals surface area contributed by atoms with Gasteiger partial charge in [-0.3, -0.25) is 9.59 Å². The molecule has 0 saturated heterocycles. The van der Waals surface area contributed by atoms with E-state index in [1.54, 1.807) is 36.4 Å². The smallest absolute Gasteiger partial charge is 0.241 e. The lowest BCUT2D eigenvalue weighted by Gasteiger charge is -2.24. The Balaban J connectivity index is 2.01. The van der Waals surface area contributed by atoms with Gasteiger partial charge >= 0.3 is 0 Å². The highest BCUT2D eigenvalue weighted by molar-refractivity contribution is 7.89. The van der Waals surface area contributed by atoms with Crippen molar-refractivity contribution in [1.82, 2.24) is 14.9 Å². The molecule has 0 aromatic heterocycles. The number of phenols is 1. The summed E-state index contributed by atoms with van der Waals surface area (Å²) in [5.74, 6) is 3.92. The molecule has 0 aliphatic rings. The number of nitrogens with zero attached hydrogens (tertiary/aromatic N) is 2. The third kappa shape index (κ3) is 8.20. The number of likely N-dealkylation sites (N-methyl/N-ethyl adjacent to an activating group) is 1. The second-order valence-corrected chi connectivity index (χ2v) is 9.45. The number of hydrazone groups is 1. The van der Waals surface area contributed by atoms with Crippen molar-refractivity contribution in [3.05, 3.63) is 65.2 Å². The lowest BCUT2D eigenvalue weighted by Crippen LogP contribution is -2.50. The molecule has 1 atom stereocenters. The molecule has 2 amide bonds. The molecule has 0 saturated carbocycles. The SMILES string of the molecule is CCS(=O)(=O)N[C@H](Cc1ccccc1)C(=O)N(C)CC(=O)NCc1ccc(C=NN)c(O)c1. The molecule has 0 aliphatic heterocycles. The Kier molecular flexibility index (Phi) is 9.37. The lowest BCUT2D eigenvalue weighted by molar-refractivity contribution is -0.136. The molecule has 0 aliphatic carbocycles. The van der Waals surface area contributed by atoms with E-state index in [-0.39, 0.29) is 31.0 Å². The Labute approximate surface area is 193 Å². The van der Waals surface area contributed by atoms with E-state index in [0.717, 1.165) is 5.56 Å². The van der Waals surface area contributed by atoms with E-state index in [2.05, 4.69) is 15.1 Å². The molecule has 0 bridgehead atoms. The van der Waals surface area contributed by atoms with Crippen LogP contribution in [0.15, 0.2) is 53.6 Å². The predicted octanol–water partition coefficient (Wildman–Crippen LogP) is 0.310. The molecule has 5 N–H and O–H groups in total. The molecule has 0 radical (unpaired) electrons. The monoisotopic (exact) mass is 475 g/mol. The van der Waals surface area contributed by atoms with Crippen LogP contribution in [0.1, 0.15) is 23.6 Å². The number of aromatic hydroxyl groups is 1. The summed E-state index contributed by atoms with van der Waals surface area (Å²) in [5.41, 5.74) is 1.87. The number of benzene rings is 2. The van der Waals surface area contributed by atoms with E-state index in [4.69, 9.17) is 5.84 Å². The number of carbonyl (C=O) groups excluding carboxylic acids is 2. The predicted molar refractivity (Wildman–Crippen MR) is 126 cm³/mol. The van der Waals surface area contributed by atoms with Gasteiger partial charge in [-0.25, -0.2) is 13.1 Å². The summed E-state index contributed by atoms with van der Waals surface area (Å²) >= 11 is 0. The minimum atomic E-state index is -3.64. The van der Waals surface area contributed by atoms with Gasteiger partial charge in [0, 0.05) is 19.2 Å². The van der Waals surface area contributed by atoms with Gasteiger partial charge in [0.1, 0.15) is 11.8 Å². The zero-order chi connectivity index (χ0) is 24.4. The number of rotatable bonds is 11. The van der Waals surface area contributed by atoms with Crippen LogP contribution in [0.25, 0.3) is 0 Å². The molecule has 11 heteroatoms. The molecular weight excluding hydrogens is 446 g/mol. The van der Waals surface area contributed by atoms with E-state index in [9.17, 15) is 23.1 Å². The van der Waals surface area contributed by atoms with Crippen molar-refractivity contribution >= 4 is 28.1 Å². The fraction of sp³-hybridized carbons (Fsp3) is 0.318. The molecule has 2 aromatic rings. The van der Waals surface area contributed by atoms with Gasteiger partial charge in [-0.1, -0.05) is 36.4 Å². The number of nitrogens with two attached hydrogens (primary N) is 1. The molecule has 0 fully saturated rings. The topological polar surface area (TPSA) is 154 Å². The summed E-state index contributed by atoms with van der Waals surface area (Å²) in [4.78, 5) is 26.5. The average Bonchev–Trinajstić information content (AvgIpc) is 2.79. The van der Waals surface area contributed by atoms with E-state index in [0.29, 0.717) is 11.1 Å². The average molecular weight is 476 g/mol. The van der Waals surface area contributed by atoms with Crippen molar-refractivity contribution < 1.29 is 23.1 Å². The van der Waals surface area contributed by atoms with Gasteiger partial charge in [0.15, 0.2) is 0 Å². The first-order valence-corrected chi connectivity index (χ1v) is 11.9. The van der Waals surface area contributed by atoms with Crippen molar-refractivity contribution in [1.29, 1.82) is 0 Å². The highest BCUT2D eigenvalue weighted by atomic mass is 32.2. The molecule has 0 heterocycles. The first kappa shape index (κ1) is 25.8. The lowest BCUT2D eigenvalue weighted by atomic mass is 10.1. The summed E-state index contributed by atoms with van der Waals surface area (Å²) in [5, 5.41) is 16.0. The summed E-state index contributed by atoms with van der Waals surface area (Å²) in [6, 6.07) is 12.8. The minimum absolute atomic E-state index is 0.0322. The number of hydrogen-bond donors (Lipinski definition) is 4. The molecule has 0 spiro atoms. The van der Waals surface area contributed by atoms with Gasteiger partial charge in [-0.2, -0.15) is 5.10 Å². The van der Waals surface area contributed by atoms with E-state index >= 15 is 0 Å². The van der Waals surface area contributed by atoms with Crippen LogP contribution >= 0.6 is 0 Å². The Morgan fingerprint density at radius 1 is 1.18 bits per heavy atom. The van der Waals surface area contributed by atoms with Gasteiger partial charge in [-0.15, -0.1) is 0 Å². The maximum absolute atomic E-state index is 13.0. The summed E-state index contributed by atoms with van der Waals surface area (Å²) < 4.78 is 26.6. The number of hydrogen-bond acceptors (Lipinski definition) is 7. The Morgan fingerprint density at radius 3 is 2.48 bits per heavy atom. The van der Waals surface area contributed by atoms with Gasteiger partial charge in [0.25, 0.3) is 0 Å². The van der Waals surface area contributed by atoms with Crippen molar-refractivity contribution in [2.45, 2.75) is 25.9 Å². The Hall–Kier alpha value is -3.44. The Morgan fingerprint density at radius 2 is 1.88 bits per heavy atom. The fourth-order valence-corrected chi connectivity index (χ4v) is 3.82. The first-order chi connectivity index (χ1) is 15.6. The van der Waals surface area contributed by atoms with Crippen LogP contribution in [-0.2, 0) is 32.6 Å². The zero-order valence-corrected chi connectivity index (χ0v) is 19.4. The minimum Gasteiger partial charge on any atom is -0.507 e. The number of sulfonamides is 1. The standard InChI is InChI=1S/C22H29N5O5S/c1-3-33(31,32)26-19(11-16-7-5-4-6-8-16)22(30)27(2)15-21(29)24-13-17-9-10-18(14-25-23)20(28)12-17/h4-10,12,14,19,26,28H,3,11,13,15,23H2,1-2H3,(H,24,29)/t19-/m1/s1. The third-order valence-electron chi connectivity index (χ3n) is 4.84. The first-order valence-electron chi connectivity index (χ1n) is 10.3. The normalized spacial score (nSPS) is 12.4. The molecule has 178 valence electrons. The Bertz CT molecular complexity index is 1090. The quantitative estimate of drug-likeness (QED) is 0.208. The maximum Gasteiger partial charge on any atom is 0.241 e. The second-order valence-electron chi connectivity index (χ2n) is 7.41. The van der Waals surface area contributed by atoms with Crippen LogP contribution in [0.5, 0.6) is 5.75 Å². The highest BCUT2D eigenvalue weighted by Gasteiger charge is 2.27. The number of nitrogens with one attached hydrogen (secondary N) is 2. The fourth-order valence-electron chi connectivity index (χ4n) is 3.03. The molecule has 33 heavy (non-hydrogen) atoms. The van der Waals surface area contributed by atoms with Gasteiger partial charge in [0.2, 0.25) is 21.8 Å². The molecular formula is C22H29N5O5S. The van der Waals surface area contributed by atoms with Gasteiger partial charge in [-0.05, 0) is 36.6 Å². The highest BCUT2D eigenvalue weighted by Crippen LogP contribution is 2.17. The van der Waals surface area contributed by atoms with Crippen LogP contribution in [0.4, 0.5) is 0 Å². The molecule has 0 unspecified atom stereocenters. The number of amides is 2. The van der Waals surface area contributed by atoms with Crippen LogP contribution in [0, 0.1) is 0 Å². The summed E-state index contributed by atoms with van der Waals surface area (Å²) in [7, 11) is -2.21. The number of carbonyl (C=O) groups is 2. The van der Waals surface area contributed by atoms with Crippen LogP contribution in [0.3, 0.4) is 0 Å². The van der Waals surface area contributed by atoms with Crippen molar-refractivity contribution in [3.63, 3.8) is 0 Å². The van der Waals surface area contributed by atoms with Gasteiger partial charge < -0.3 is 21.2 Å². The second kappa shape index (κ2) is 12.0. The molecule has 2 rings (SSSR count). The third-order valence-corrected chi connectivity index (χ3v) is 6.24. The van der Waals surface area contributed by atoms with Crippen LogP contribution < -0.4 is 15.9 Å². The zero-order valence-electron chi connectivity index (χ0n) is 18.6.